The summed E-state index contributed by atoms with van der Waals surface area (Å²) in [4.78, 5) is 72.3. The molecule has 20 heteroatoms. The van der Waals surface area contributed by atoms with Crippen LogP contribution in [-0.2, 0) is 38.6 Å². The molecule has 0 aliphatic carbocycles. The number of methoxy groups -OCH3 is 2. The lowest BCUT2D eigenvalue weighted by Gasteiger charge is -2.34. The number of fused-ring (bicyclic) bond motifs is 1. The van der Waals surface area contributed by atoms with Gasteiger partial charge in [-0.2, -0.15) is 0 Å². The topological polar surface area (TPSA) is 190 Å². The van der Waals surface area contributed by atoms with Crippen LogP contribution in [0.1, 0.15) is 20.8 Å². The highest BCUT2D eigenvalue weighted by Gasteiger charge is 2.59. The predicted octanol–water partition coefficient (Wildman–Crippen LogP) is -1.34. The zero-order chi connectivity index (χ0) is 34.5. The van der Waals surface area contributed by atoms with Gasteiger partial charge >= 0.3 is 29.1 Å². The molecule has 0 aromatic carbocycles. The van der Waals surface area contributed by atoms with Gasteiger partial charge in [-0.25, -0.2) is 37.7 Å². The number of carbonyl (C=O) groups is 2. The molecule has 3 aliphatic rings. The molecule has 266 valence electrons. The summed E-state index contributed by atoms with van der Waals surface area (Å²) < 4.78 is 24.7. The number of ether oxygens (including phenoxy) is 4. The van der Waals surface area contributed by atoms with Gasteiger partial charge in [0, 0.05) is 32.3 Å². The van der Waals surface area contributed by atoms with Crippen LogP contribution in [0.25, 0.3) is 0 Å². The normalized spacial score (nSPS) is 23.4. The molecule has 4 heterocycles. The zero-order valence-corrected chi connectivity index (χ0v) is 28.9. The fourth-order valence-corrected chi connectivity index (χ4v) is 7.81. The Balaban J connectivity index is 1.54. The summed E-state index contributed by atoms with van der Waals surface area (Å²) in [6.45, 7) is 4.52. The Morgan fingerprint density at radius 1 is 0.723 bits per heavy atom. The van der Waals surface area contributed by atoms with Gasteiger partial charge in [0.15, 0.2) is 12.3 Å². The summed E-state index contributed by atoms with van der Waals surface area (Å²) >= 11 is 2.84. The van der Waals surface area contributed by atoms with Crippen molar-refractivity contribution in [1.29, 1.82) is 0 Å². The number of hydrogen-bond acceptors (Lipinski definition) is 13. The van der Waals surface area contributed by atoms with Crippen molar-refractivity contribution in [3.63, 3.8) is 0 Å². The molecular formula is C27H45N7O11S2. The molecule has 2 N–H and O–H groups in total. The Bertz CT molecular complexity index is 1420. The zero-order valence-electron chi connectivity index (χ0n) is 27.3. The van der Waals surface area contributed by atoms with E-state index in [0.29, 0.717) is 18.1 Å². The van der Waals surface area contributed by atoms with E-state index in [9.17, 15) is 34.2 Å². The first-order valence-corrected chi connectivity index (χ1v) is 17.2. The van der Waals surface area contributed by atoms with Crippen molar-refractivity contribution >= 4 is 35.6 Å². The largest absolute Gasteiger partial charge is 0.395 e. The molecule has 3 aliphatic heterocycles. The number of amides is 4. The van der Waals surface area contributed by atoms with Crippen LogP contribution in [0.4, 0.5) is 9.59 Å². The summed E-state index contributed by atoms with van der Waals surface area (Å²) in [5, 5.41) is 19.2. The molecule has 1 aromatic rings. The second kappa shape index (κ2) is 16.2. The molecule has 0 saturated carbocycles. The van der Waals surface area contributed by atoms with Gasteiger partial charge in [0.05, 0.1) is 39.5 Å². The highest BCUT2D eigenvalue weighted by Crippen LogP contribution is 2.37. The van der Waals surface area contributed by atoms with E-state index in [-0.39, 0.29) is 76.0 Å². The highest BCUT2D eigenvalue weighted by atomic mass is 32.2. The maximum absolute atomic E-state index is 13.9. The number of nitrogens with zero attached hydrogens (tertiary/aromatic N) is 7. The van der Waals surface area contributed by atoms with Gasteiger partial charge in [0.2, 0.25) is 0 Å². The molecule has 0 radical (unpaired) electrons. The SMILES string of the molecule is COCCn1c(=O)n(CCO)c(=O)n(CCOCN2C(=O)N(CC(C)(C)C)C3C2N(COC)C(=O)N3COC2CSC(O)CS2)c1=O. The Kier molecular flexibility index (Phi) is 12.8. The minimum Gasteiger partial charge on any atom is -0.395 e. The van der Waals surface area contributed by atoms with Crippen LogP contribution < -0.4 is 17.1 Å². The summed E-state index contributed by atoms with van der Waals surface area (Å²) in [6, 6.07) is -0.768. The van der Waals surface area contributed by atoms with E-state index < -0.39 is 41.4 Å². The maximum Gasteiger partial charge on any atom is 0.336 e. The van der Waals surface area contributed by atoms with Crippen LogP contribution in [0.5, 0.6) is 0 Å². The van der Waals surface area contributed by atoms with E-state index in [4.69, 9.17) is 18.9 Å². The van der Waals surface area contributed by atoms with Crippen molar-refractivity contribution in [3.8, 4) is 0 Å². The number of thioether (sulfide) groups is 2. The summed E-state index contributed by atoms with van der Waals surface area (Å²) in [5.41, 5.74) is -3.64. The lowest BCUT2D eigenvalue weighted by Crippen LogP contribution is -2.55. The second-order valence-electron chi connectivity index (χ2n) is 12.3. The molecule has 3 saturated heterocycles. The third-order valence-corrected chi connectivity index (χ3v) is 10.3. The molecule has 4 atom stereocenters. The van der Waals surface area contributed by atoms with Gasteiger partial charge in [0.1, 0.15) is 31.1 Å². The van der Waals surface area contributed by atoms with Crippen molar-refractivity contribution in [1.82, 2.24) is 33.3 Å². The number of carbonyl (C=O) groups excluding carboxylic acids is 2. The number of hydrogen-bond donors (Lipinski definition) is 2. The molecule has 3 fully saturated rings. The van der Waals surface area contributed by atoms with Gasteiger partial charge < -0.3 is 29.2 Å². The smallest absolute Gasteiger partial charge is 0.336 e. The molecule has 4 amide bonds. The number of aliphatic hydroxyl groups excluding tert-OH is 2. The molecule has 0 spiro atoms. The standard InChI is InChI=1S/C27H45N7O11S2/c1-27(2,3)14-31-20-21(32(15-43-5)26(41)34(20)17-45-19-13-46-18(36)12-47-19)33(25(31)40)16-44-11-8-30-23(38)28(6-9-35)22(37)29(24(30)39)7-10-42-4/h18-21,35-36H,6-17H2,1-5H3. The van der Waals surface area contributed by atoms with Gasteiger partial charge in [-0.1, -0.05) is 20.8 Å². The van der Waals surface area contributed by atoms with Crippen LogP contribution >= 0.6 is 23.5 Å². The number of aliphatic hydroxyl groups is 2. The fraction of sp³-hybridized carbons (Fsp3) is 0.815. The van der Waals surface area contributed by atoms with Crippen molar-refractivity contribution in [2.24, 2.45) is 5.41 Å². The Labute approximate surface area is 280 Å². The van der Waals surface area contributed by atoms with Crippen molar-refractivity contribution in [2.75, 3.05) is 72.3 Å². The lowest BCUT2D eigenvalue weighted by atomic mass is 9.96. The number of urea groups is 2. The average molecular weight is 708 g/mol. The van der Waals surface area contributed by atoms with E-state index in [1.54, 1.807) is 4.90 Å². The van der Waals surface area contributed by atoms with E-state index in [2.05, 4.69) is 0 Å². The Hall–Kier alpha value is -2.59. The van der Waals surface area contributed by atoms with Crippen LogP contribution in [0.2, 0.25) is 0 Å². The number of aromatic nitrogens is 3. The molecule has 18 nitrogen and oxygen atoms in total. The van der Waals surface area contributed by atoms with Crippen molar-refractivity contribution in [3.05, 3.63) is 31.5 Å². The molecule has 47 heavy (non-hydrogen) atoms. The summed E-state index contributed by atoms with van der Waals surface area (Å²) in [7, 11) is 2.85. The lowest BCUT2D eigenvalue weighted by molar-refractivity contribution is -0.0222. The van der Waals surface area contributed by atoms with Crippen LogP contribution in [0.15, 0.2) is 14.4 Å². The number of rotatable bonds is 16. The van der Waals surface area contributed by atoms with Gasteiger partial charge in [-0.05, 0) is 5.41 Å². The second-order valence-corrected chi connectivity index (χ2v) is 14.7. The first-order valence-electron chi connectivity index (χ1n) is 15.1. The van der Waals surface area contributed by atoms with E-state index >= 15 is 0 Å². The van der Waals surface area contributed by atoms with E-state index in [0.717, 1.165) is 13.7 Å². The van der Waals surface area contributed by atoms with Gasteiger partial charge in [-0.15, -0.1) is 23.5 Å². The Morgan fingerprint density at radius 3 is 1.83 bits per heavy atom. The first kappa shape index (κ1) is 37.2. The fourth-order valence-electron chi connectivity index (χ4n) is 5.56. The van der Waals surface area contributed by atoms with E-state index in [1.165, 1.54) is 52.4 Å². The molecular weight excluding hydrogens is 662 g/mol. The monoisotopic (exact) mass is 707 g/mol. The molecule has 0 bridgehead atoms. The van der Waals surface area contributed by atoms with Crippen molar-refractivity contribution < 1.29 is 38.7 Å². The average Bonchev–Trinajstić information content (AvgIpc) is 3.43. The third kappa shape index (κ3) is 8.35. The maximum atomic E-state index is 13.9. The van der Waals surface area contributed by atoms with Crippen LogP contribution in [-0.4, -0.2) is 151 Å². The van der Waals surface area contributed by atoms with E-state index in [1.807, 2.05) is 20.8 Å². The minimum atomic E-state index is -0.896. The summed E-state index contributed by atoms with van der Waals surface area (Å²) in [6.07, 6.45) is -1.52. The minimum absolute atomic E-state index is 0.0496. The first-order chi connectivity index (χ1) is 22.3. The van der Waals surface area contributed by atoms with Gasteiger partial charge in [-0.3, -0.25) is 19.6 Å². The summed E-state index contributed by atoms with van der Waals surface area (Å²) in [5.74, 6) is 1.05. The Morgan fingerprint density at radius 2 is 1.28 bits per heavy atom. The highest BCUT2D eigenvalue weighted by molar-refractivity contribution is 8.06. The van der Waals surface area contributed by atoms with Crippen LogP contribution in [0.3, 0.4) is 0 Å². The van der Waals surface area contributed by atoms with Crippen LogP contribution in [0, 0.1) is 5.41 Å². The predicted molar refractivity (Wildman–Crippen MR) is 172 cm³/mol. The quantitative estimate of drug-likeness (QED) is 0.192. The molecule has 4 unspecified atom stereocenters. The van der Waals surface area contributed by atoms with Crippen molar-refractivity contribution in [2.45, 2.75) is 63.6 Å². The third-order valence-electron chi connectivity index (χ3n) is 7.61. The molecule has 4 rings (SSSR count). The molecule has 1 aromatic heterocycles. The van der Waals surface area contributed by atoms with Gasteiger partial charge in [0.25, 0.3) is 0 Å².